The molecule has 0 aliphatic carbocycles. The molecule has 0 fully saturated rings. The SMILES string of the molecule is CNC(=O)CN(C)CC(N)c1ccccc1. The molecule has 0 aliphatic rings. The molecule has 16 heavy (non-hydrogen) atoms. The van der Waals surface area contributed by atoms with Crippen molar-refractivity contribution in [3.63, 3.8) is 0 Å². The van der Waals surface area contributed by atoms with Gasteiger partial charge in [-0.2, -0.15) is 0 Å². The molecule has 0 saturated heterocycles. The first kappa shape index (κ1) is 12.7. The number of rotatable bonds is 5. The highest BCUT2D eigenvalue weighted by atomic mass is 16.1. The number of nitrogens with one attached hydrogen (secondary N) is 1. The average molecular weight is 221 g/mol. The molecular formula is C12H19N3O. The van der Waals surface area contributed by atoms with Crippen LogP contribution in [0.3, 0.4) is 0 Å². The number of nitrogens with two attached hydrogens (primary N) is 1. The van der Waals surface area contributed by atoms with Crippen LogP contribution in [0.25, 0.3) is 0 Å². The van der Waals surface area contributed by atoms with Crippen molar-refractivity contribution >= 4 is 5.91 Å². The van der Waals surface area contributed by atoms with Crippen LogP contribution >= 0.6 is 0 Å². The zero-order chi connectivity index (χ0) is 12.0. The molecule has 1 unspecified atom stereocenters. The van der Waals surface area contributed by atoms with Crippen LogP contribution in [0.1, 0.15) is 11.6 Å². The topological polar surface area (TPSA) is 58.4 Å². The first-order valence-electron chi connectivity index (χ1n) is 5.33. The lowest BCUT2D eigenvalue weighted by atomic mass is 10.1. The first-order chi connectivity index (χ1) is 7.63. The van der Waals surface area contributed by atoms with Crippen molar-refractivity contribution in [2.75, 3.05) is 27.2 Å². The second-order valence-electron chi connectivity index (χ2n) is 3.89. The summed E-state index contributed by atoms with van der Waals surface area (Å²) in [5.41, 5.74) is 7.13. The molecule has 1 aromatic carbocycles. The van der Waals surface area contributed by atoms with E-state index in [4.69, 9.17) is 5.73 Å². The summed E-state index contributed by atoms with van der Waals surface area (Å²) in [6, 6.07) is 9.83. The van der Waals surface area contributed by atoms with E-state index in [9.17, 15) is 4.79 Å². The Morgan fingerprint density at radius 3 is 2.62 bits per heavy atom. The monoisotopic (exact) mass is 221 g/mol. The number of hydrogen-bond acceptors (Lipinski definition) is 3. The molecule has 0 spiro atoms. The van der Waals surface area contributed by atoms with Crippen LogP contribution in [0, 0.1) is 0 Å². The Labute approximate surface area is 96.4 Å². The molecule has 4 heteroatoms. The van der Waals surface area contributed by atoms with E-state index in [2.05, 4.69) is 5.32 Å². The van der Waals surface area contributed by atoms with E-state index in [1.165, 1.54) is 0 Å². The first-order valence-corrected chi connectivity index (χ1v) is 5.33. The maximum absolute atomic E-state index is 11.1. The highest BCUT2D eigenvalue weighted by Crippen LogP contribution is 2.09. The molecule has 3 N–H and O–H groups in total. The molecule has 1 rings (SSSR count). The fourth-order valence-electron chi connectivity index (χ4n) is 1.53. The van der Waals surface area contributed by atoms with Crippen LogP contribution in [0.15, 0.2) is 30.3 Å². The number of benzene rings is 1. The smallest absolute Gasteiger partial charge is 0.233 e. The molecule has 0 aliphatic heterocycles. The summed E-state index contributed by atoms with van der Waals surface area (Å²) < 4.78 is 0. The van der Waals surface area contributed by atoms with Gasteiger partial charge in [-0.3, -0.25) is 9.69 Å². The maximum Gasteiger partial charge on any atom is 0.233 e. The minimum absolute atomic E-state index is 0.00256. The van der Waals surface area contributed by atoms with E-state index >= 15 is 0 Å². The minimum atomic E-state index is -0.0594. The molecule has 0 heterocycles. The lowest BCUT2D eigenvalue weighted by Gasteiger charge is -2.20. The number of amides is 1. The lowest BCUT2D eigenvalue weighted by Crippen LogP contribution is -2.37. The third-order valence-electron chi connectivity index (χ3n) is 2.43. The Morgan fingerprint density at radius 1 is 1.44 bits per heavy atom. The molecule has 1 amide bonds. The number of nitrogens with zero attached hydrogens (tertiary/aromatic N) is 1. The second-order valence-corrected chi connectivity index (χ2v) is 3.89. The van der Waals surface area contributed by atoms with Crippen LogP contribution in [0.4, 0.5) is 0 Å². The fourth-order valence-corrected chi connectivity index (χ4v) is 1.53. The zero-order valence-corrected chi connectivity index (χ0v) is 9.81. The van der Waals surface area contributed by atoms with Gasteiger partial charge in [-0.15, -0.1) is 0 Å². The standard InChI is InChI=1S/C12H19N3O/c1-14-12(16)9-15(2)8-11(13)10-6-4-3-5-7-10/h3-7,11H,8-9,13H2,1-2H3,(H,14,16). The molecule has 1 atom stereocenters. The van der Waals surface area contributed by atoms with Crippen LogP contribution in [-0.2, 0) is 4.79 Å². The minimum Gasteiger partial charge on any atom is -0.358 e. The predicted octanol–water partition coefficient (Wildman–Crippen LogP) is 0.364. The predicted molar refractivity (Wildman–Crippen MR) is 64.9 cm³/mol. The number of likely N-dealkylation sites (N-methyl/N-ethyl adjacent to an activating group) is 2. The number of carbonyl (C=O) groups excluding carboxylic acids is 1. The van der Waals surface area contributed by atoms with Gasteiger partial charge in [0.05, 0.1) is 6.54 Å². The largest absolute Gasteiger partial charge is 0.358 e. The summed E-state index contributed by atoms with van der Waals surface area (Å²) in [7, 11) is 3.52. The van der Waals surface area contributed by atoms with Gasteiger partial charge in [0.1, 0.15) is 0 Å². The Hall–Kier alpha value is -1.39. The summed E-state index contributed by atoms with van der Waals surface area (Å²) in [6.45, 7) is 1.04. The van der Waals surface area contributed by atoms with Crippen molar-refractivity contribution in [2.24, 2.45) is 5.73 Å². The van der Waals surface area contributed by atoms with Gasteiger partial charge in [-0.1, -0.05) is 30.3 Å². The molecule has 88 valence electrons. The van der Waals surface area contributed by atoms with Gasteiger partial charge in [-0.05, 0) is 12.6 Å². The fraction of sp³-hybridized carbons (Fsp3) is 0.417. The number of hydrogen-bond donors (Lipinski definition) is 2. The van der Waals surface area contributed by atoms with Gasteiger partial charge in [0, 0.05) is 19.6 Å². The van der Waals surface area contributed by atoms with Gasteiger partial charge in [0.15, 0.2) is 0 Å². The van der Waals surface area contributed by atoms with Crippen molar-refractivity contribution in [1.29, 1.82) is 0 Å². The molecule has 0 saturated carbocycles. The van der Waals surface area contributed by atoms with Gasteiger partial charge < -0.3 is 11.1 Å². The van der Waals surface area contributed by atoms with E-state index in [0.717, 1.165) is 5.56 Å². The summed E-state index contributed by atoms with van der Waals surface area (Å²) >= 11 is 0. The average Bonchev–Trinajstić information content (AvgIpc) is 2.29. The second kappa shape index (κ2) is 6.25. The Balaban J connectivity index is 2.45. The highest BCUT2D eigenvalue weighted by molar-refractivity contribution is 5.77. The van der Waals surface area contributed by atoms with Crippen molar-refractivity contribution in [1.82, 2.24) is 10.2 Å². The summed E-state index contributed by atoms with van der Waals surface area (Å²) in [6.07, 6.45) is 0. The Kier molecular flexibility index (Phi) is 4.95. The molecule has 0 aromatic heterocycles. The van der Waals surface area contributed by atoms with E-state index in [-0.39, 0.29) is 11.9 Å². The van der Waals surface area contributed by atoms with Crippen LogP contribution in [-0.4, -0.2) is 38.0 Å². The summed E-state index contributed by atoms with van der Waals surface area (Å²) in [4.78, 5) is 13.1. The molecule has 4 nitrogen and oxygen atoms in total. The van der Waals surface area contributed by atoms with E-state index in [1.54, 1.807) is 7.05 Å². The summed E-state index contributed by atoms with van der Waals surface area (Å²) in [5.74, 6) is 0.00256. The molecule has 0 bridgehead atoms. The maximum atomic E-state index is 11.1. The van der Waals surface area contributed by atoms with Crippen LogP contribution in [0.5, 0.6) is 0 Å². The quantitative estimate of drug-likeness (QED) is 0.755. The van der Waals surface area contributed by atoms with Crippen LogP contribution < -0.4 is 11.1 Å². The third kappa shape index (κ3) is 4.00. The Morgan fingerprint density at radius 2 is 2.06 bits per heavy atom. The summed E-state index contributed by atoms with van der Waals surface area (Å²) in [5, 5.41) is 2.59. The number of carbonyl (C=O) groups is 1. The zero-order valence-electron chi connectivity index (χ0n) is 9.81. The van der Waals surface area contributed by atoms with Gasteiger partial charge in [0.25, 0.3) is 0 Å². The molecule has 0 radical (unpaired) electrons. The van der Waals surface area contributed by atoms with E-state index in [1.807, 2.05) is 42.3 Å². The van der Waals surface area contributed by atoms with Crippen molar-refractivity contribution in [3.8, 4) is 0 Å². The molecule has 1 aromatic rings. The van der Waals surface area contributed by atoms with E-state index in [0.29, 0.717) is 13.1 Å². The molecular weight excluding hydrogens is 202 g/mol. The third-order valence-corrected chi connectivity index (χ3v) is 2.43. The lowest BCUT2D eigenvalue weighted by molar-refractivity contribution is -0.121. The van der Waals surface area contributed by atoms with Crippen molar-refractivity contribution in [2.45, 2.75) is 6.04 Å². The normalized spacial score (nSPS) is 12.5. The van der Waals surface area contributed by atoms with Gasteiger partial charge in [0.2, 0.25) is 5.91 Å². The van der Waals surface area contributed by atoms with Crippen molar-refractivity contribution in [3.05, 3.63) is 35.9 Å². The van der Waals surface area contributed by atoms with Gasteiger partial charge in [-0.25, -0.2) is 0 Å². The van der Waals surface area contributed by atoms with Crippen LogP contribution in [0.2, 0.25) is 0 Å². The van der Waals surface area contributed by atoms with Gasteiger partial charge >= 0.3 is 0 Å². The van der Waals surface area contributed by atoms with E-state index < -0.39 is 0 Å². The highest BCUT2D eigenvalue weighted by Gasteiger charge is 2.10. The van der Waals surface area contributed by atoms with Crippen molar-refractivity contribution < 1.29 is 4.79 Å². The Bertz CT molecular complexity index is 326.